The zero-order valence-corrected chi connectivity index (χ0v) is 15.7. The SMILES string of the molecule is C=CC1(C)CCC2C(C1)C(=O)CC1C(C)(C(=O)OC)CCCC21C. The van der Waals surface area contributed by atoms with Crippen LogP contribution in [0.4, 0.5) is 0 Å². The summed E-state index contributed by atoms with van der Waals surface area (Å²) in [7, 11) is 1.48. The molecule has 6 unspecified atom stereocenters. The lowest BCUT2D eigenvalue weighted by atomic mass is 9.42. The number of hydrogen-bond donors (Lipinski definition) is 0. The maximum Gasteiger partial charge on any atom is 0.311 e. The summed E-state index contributed by atoms with van der Waals surface area (Å²) in [6.07, 6.45) is 8.71. The van der Waals surface area contributed by atoms with Crippen molar-refractivity contribution in [2.75, 3.05) is 7.11 Å². The standard InChI is InChI=1S/C21H32O3/c1-6-19(2)11-8-15-14(13-19)16(22)12-17-20(15,3)9-7-10-21(17,4)18(23)24-5/h6,14-15,17H,1,7-13H2,2-5H3. The molecule has 0 heterocycles. The van der Waals surface area contributed by atoms with Crippen LogP contribution < -0.4 is 0 Å². The molecule has 0 radical (unpaired) electrons. The van der Waals surface area contributed by atoms with Crippen LogP contribution in [0.5, 0.6) is 0 Å². The summed E-state index contributed by atoms with van der Waals surface area (Å²) in [5, 5.41) is 0. The fourth-order valence-electron chi connectivity index (χ4n) is 6.39. The number of rotatable bonds is 2. The van der Waals surface area contributed by atoms with Gasteiger partial charge in [-0.3, -0.25) is 9.59 Å². The zero-order valence-electron chi connectivity index (χ0n) is 15.7. The summed E-state index contributed by atoms with van der Waals surface area (Å²) in [6, 6.07) is 0. The van der Waals surface area contributed by atoms with Crippen LogP contribution in [0.15, 0.2) is 12.7 Å². The minimum absolute atomic E-state index is 0.0717. The summed E-state index contributed by atoms with van der Waals surface area (Å²) in [5.74, 6) is 0.904. The van der Waals surface area contributed by atoms with E-state index in [-0.39, 0.29) is 28.6 Å². The molecule has 3 saturated carbocycles. The minimum Gasteiger partial charge on any atom is -0.469 e. The van der Waals surface area contributed by atoms with Crippen LogP contribution in [-0.4, -0.2) is 18.9 Å². The van der Waals surface area contributed by atoms with Gasteiger partial charge in [-0.05, 0) is 61.7 Å². The predicted octanol–water partition coefficient (Wildman–Crippen LogP) is 4.55. The molecule has 0 saturated heterocycles. The molecule has 6 atom stereocenters. The number of esters is 1. The number of ketones is 1. The molecule has 3 aliphatic carbocycles. The molecular formula is C21H32O3. The quantitative estimate of drug-likeness (QED) is 0.550. The fraction of sp³-hybridized carbons (Fsp3) is 0.810. The third-order valence-electron chi connectivity index (χ3n) is 7.99. The average molecular weight is 332 g/mol. The van der Waals surface area contributed by atoms with Gasteiger partial charge in [0.25, 0.3) is 0 Å². The van der Waals surface area contributed by atoms with Crippen molar-refractivity contribution in [1.82, 2.24) is 0 Å². The molecule has 3 fully saturated rings. The highest BCUT2D eigenvalue weighted by molar-refractivity contribution is 5.85. The number of carbonyl (C=O) groups excluding carboxylic acids is 2. The van der Waals surface area contributed by atoms with Gasteiger partial charge in [-0.15, -0.1) is 6.58 Å². The Hall–Kier alpha value is -1.12. The van der Waals surface area contributed by atoms with E-state index in [0.29, 0.717) is 18.1 Å². The molecule has 3 aliphatic rings. The molecule has 24 heavy (non-hydrogen) atoms. The largest absolute Gasteiger partial charge is 0.469 e. The molecule has 3 nitrogen and oxygen atoms in total. The van der Waals surface area contributed by atoms with Crippen LogP contribution in [0.2, 0.25) is 0 Å². The van der Waals surface area contributed by atoms with Gasteiger partial charge in [-0.2, -0.15) is 0 Å². The molecule has 0 aromatic rings. The van der Waals surface area contributed by atoms with Gasteiger partial charge in [0.15, 0.2) is 0 Å². The van der Waals surface area contributed by atoms with Crippen molar-refractivity contribution in [3.63, 3.8) is 0 Å². The van der Waals surface area contributed by atoms with E-state index in [0.717, 1.165) is 38.5 Å². The number of ether oxygens (including phenoxy) is 1. The van der Waals surface area contributed by atoms with Crippen molar-refractivity contribution < 1.29 is 14.3 Å². The summed E-state index contributed by atoms with van der Waals surface area (Å²) in [6.45, 7) is 10.6. The van der Waals surface area contributed by atoms with Gasteiger partial charge >= 0.3 is 5.97 Å². The highest BCUT2D eigenvalue weighted by Crippen LogP contribution is 2.64. The molecule has 0 N–H and O–H groups in total. The van der Waals surface area contributed by atoms with E-state index in [4.69, 9.17) is 4.74 Å². The summed E-state index contributed by atoms with van der Waals surface area (Å²) in [4.78, 5) is 25.6. The van der Waals surface area contributed by atoms with Gasteiger partial charge in [-0.1, -0.05) is 26.3 Å². The molecule has 0 amide bonds. The first-order valence-corrected chi connectivity index (χ1v) is 9.45. The third-order valence-corrected chi connectivity index (χ3v) is 7.99. The maximum absolute atomic E-state index is 13.0. The van der Waals surface area contributed by atoms with Crippen LogP contribution in [-0.2, 0) is 14.3 Å². The minimum atomic E-state index is -0.512. The number of fused-ring (bicyclic) bond motifs is 3. The Morgan fingerprint density at radius 2 is 1.96 bits per heavy atom. The molecule has 3 heteroatoms. The average Bonchev–Trinajstić information content (AvgIpc) is 2.56. The van der Waals surface area contributed by atoms with Crippen LogP contribution in [0, 0.1) is 34.0 Å². The van der Waals surface area contributed by atoms with Gasteiger partial charge in [0.2, 0.25) is 0 Å². The van der Waals surface area contributed by atoms with Gasteiger partial charge in [-0.25, -0.2) is 0 Å². The van der Waals surface area contributed by atoms with Gasteiger partial charge in [0.05, 0.1) is 12.5 Å². The molecule has 134 valence electrons. The molecule has 0 aliphatic heterocycles. The number of Topliss-reactive ketones (excluding diaryl/α,β-unsaturated/α-hetero) is 1. The molecule has 0 bridgehead atoms. The monoisotopic (exact) mass is 332 g/mol. The van der Waals surface area contributed by atoms with Crippen LogP contribution >= 0.6 is 0 Å². The second kappa shape index (κ2) is 5.71. The second-order valence-electron chi connectivity index (χ2n) is 9.31. The molecule has 0 aromatic carbocycles. The van der Waals surface area contributed by atoms with Crippen molar-refractivity contribution in [3.8, 4) is 0 Å². The van der Waals surface area contributed by atoms with E-state index in [1.165, 1.54) is 7.11 Å². The normalized spacial score (nSPS) is 48.2. The Morgan fingerprint density at radius 3 is 2.58 bits per heavy atom. The lowest BCUT2D eigenvalue weighted by Crippen LogP contribution is -2.59. The molecule has 0 spiro atoms. The van der Waals surface area contributed by atoms with Crippen LogP contribution in [0.3, 0.4) is 0 Å². The van der Waals surface area contributed by atoms with Gasteiger partial charge in [0, 0.05) is 12.3 Å². The maximum atomic E-state index is 13.0. The second-order valence-corrected chi connectivity index (χ2v) is 9.31. The van der Waals surface area contributed by atoms with Crippen molar-refractivity contribution >= 4 is 11.8 Å². The molecule has 0 aromatic heterocycles. The lowest BCUT2D eigenvalue weighted by Gasteiger charge is -2.60. The van der Waals surface area contributed by atoms with E-state index in [1.54, 1.807) is 0 Å². The van der Waals surface area contributed by atoms with E-state index < -0.39 is 5.41 Å². The number of carbonyl (C=O) groups is 2. The zero-order chi connectivity index (χ0) is 17.8. The highest BCUT2D eigenvalue weighted by Gasteiger charge is 2.62. The van der Waals surface area contributed by atoms with Crippen LogP contribution in [0.1, 0.15) is 65.7 Å². The van der Waals surface area contributed by atoms with Crippen molar-refractivity contribution in [1.29, 1.82) is 0 Å². The Morgan fingerprint density at radius 1 is 1.25 bits per heavy atom. The Kier molecular flexibility index (Phi) is 4.21. The number of hydrogen-bond acceptors (Lipinski definition) is 3. The Balaban J connectivity index is 1.97. The van der Waals surface area contributed by atoms with Gasteiger partial charge in [0.1, 0.15) is 5.78 Å². The van der Waals surface area contributed by atoms with E-state index in [2.05, 4.69) is 20.4 Å². The first-order valence-electron chi connectivity index (χ1n) is 9.45. The van der Waals surface area contributed by atoms with Gasteiger partial charge < -0.3 is 4.74 Å². The van der Waals surface area contributed by atoms with Crippen molar-refractivity contribution in [2.24, 2.45) is 34.0 Å². The first kappa shape index (κ1) is 17.7. The van der Waals surface area contributed by atoms with E-state index in [9.17, 15) is 9.59 Å². The lowest BCUT2D eigenvalue weighted by molar-refractivity contribution is -0.179. The predicted molar refractivity (Wildman–Crippen MR) is 94.3 cm³/mol. The summed E-state index contributed by atoms with van der Waals surface area (Å²) >= 11 is 0. The Labute approximate surface area is 146 Å². The Bertz CT molecular complexity index is 567. The number of allylic oxidation sites excluding steroid dienone is 1. The van der Waals surface area contributed by atoms with E-state index in [1.807, 2.05) is 13.0 Å². The first-order chi connectivity index (χ1) is 11.2. The summed E-state index contributed by atoms with van der Waals surface area (Å²) < 4.78 is 5.14. The van der Waals surface area contributed by atoms with E-state index >= 15 is 0 Å². The molecule has 3 rings (SSSR count). The highest BCUT2D eigenvalue weighted by atomic mass is 16.5. The fourth-order valence-corrected chi connectivity index (χ4v) is 6.39. The topological polar surface area (TPSA) is 43.4 Å². The van der Waals surface area contributed by atoms with Crippen molar-refractivity contribution in [3.05, 3.63) is 12.7 Å². The summed E-state index contributed by atoms with van der Waals surface area (Å²) in [5.41, 5.74) is -0.357. The molecular weight excluding hydrogens is 300 g/mol. The number of methoxy groups -OCH3 is 1. The van der Waals surface area contributed by atoms with Crippen molar-refractivity contribution in [2.45, 2.75) is 65.7 Å². The van der Waals surface area contributed by atoms with Crippen LogP contribution in [0.25, 0.3) is 0 Å². The third kappa shape index (κ3) is 2.38. The smallest absolute Gasteiger partial charge is 0.311 e.